The summed E-state index contributed by atoms with van der Waals surface area (Å²) in [5, 5.41) is 9.28. The second kappa shape index (κ2) is 7.42. The van der Waals surface area contributed by atoms with Crippen molar-refractivity contribution in [3.05, 3.63) is 59.4 Å². The summed E-state index contributed by atoms with van der Waals surface area (Å²) in [6, 6.07) is 7.40. The molecule has 1 N–H and O–H groups in total. The molecule has 1 fully saturated rings. The fourth-order valence-corrected chi connectivity index (χ4v) is 3.45. The van der Waals surface area contributed by atoms with E-state index in [-0.39, 0.29) is 11.5 Å². The first kappa shape index (κ1) is 18.9. The Morgan fingerprint density at radius 3 is 2.19 bits per heavy atom. The van der Waals surface area contributed by atoms with Crippen molar-refractivity contribution in [1.29, 1.82) is 0 Å². The minimum atomic E-state index is -1.53. The van der Waals surface area contributed by atoms with Crippen LogP contribution in [-0.4, -0.2) is 34.5 Å². The van der Waals surface area contributed by atoms with Gasteiger partial charge in [-0.25, -0.2) is 13.2 Å². The van der Waals surface area contributed by atoms with E-state index in [4.69, 9.17) is 0 Å². The molecule has 2 aromatic rings. The molecule has 0 spiro atoms. The van der Waals surface area contributed by atoms with Gasteiger partial charge in [-0.15, -0.1) is 0 Å². The smallest absolute Gasteiger partial charge is 0.308 e. The molecule has 2 atom stereocenters. The highest BCUT2D eigenvalue weighted by Crippen LogP contribution is 2.27. The van der Waals surface area contributed by atoms with Crippen molar-refractivity contribution in [2.75, 3.05) is 6.54 Å². The van der Waals surface area contributed by atoms with Crippen molar-refractivity contribution >= 4 is 11.9 Å². The molecule has 0 saturated carbocycles. The fraction of sp³-hybridized carbons (Fsp3) is 0.300. The summed E-state index contributed by atoms with van der Waals surface area (Å²) in [7, 11) is 0. The Hall–Kier alpha value is -2.83. The van der Waals surface area contributed by atoms with Crippen LogP contribution >= 0.6 is 0 Å². The summed E-state index contributed by atoms with van der Waals surface area (Å²) in [5.74, 6) is -5.92. The number of hydrogen-bond donors (Lipinski definition) is 1. The van der Waals surface area contributed by atoms with E-state index >= 15 is 0 Å². The average molecular weight is 377 g/mol. The molecular weight excluding hydrogens is 359 g/mol. The number of carbonyl (C=O) groups is 2. The maximum Gasteiger partial charge on any atom is 0.308 e. The van der Waals surface area contributed by atoms with Crippen LogP contribution in [0, 0.1) is 23.4 Å². The maximum atomic E-state index is 13.4. The molecular formula is C20H18F3NO3. The van der Waals surface area contributed by atoms with Crippen LogP contribution in [0.3, 0.4) is 0 Å². The number of carboxylic acid groups (broad SMARTS) is 1. The largest absolute Gasteiger partial charge is 0.481 e. The molecule has 3 rings (SSSR count). The topological polar surface area (TPSA) is 57.6 Å². The SMILES string of the molecule is C[C@@H]1[C@H](C(=O)O)CCCN1C(=O)c1ccc(-c2cc(F)c(F)c(F)c2)cc1. The first-order valence-corrected chi connectivity index (χ1v) is 8.58. The van der Waals surface area contributed by atoms with Crippen molar-refractivity contribution in [3.63, 3.8) is 0 Å². The predicted octanol–water partition coefficient (Wildman–Crippen LogP) is 4.10. The number of benzene rings is 2. The van der Waals surface area contributed by atoms with Gasteiger partial charge in [0.1, 0.15) is 0 Å². The molecule has 0 radical (unpaired) electrons. The Morgan fingerprint density at radius 1 is 1.04 bits per heavy atom. The zero-order valence-electron chi connectivity index (χ0n) is 14.6. The van der Waals surface area contributed by atoms with Gasteiger partial charge in [0.25, 0.3) is 5.91 Å². The van der Waals surface area contributed by atoms with Crippen molar-refractivity contribution in [3.8, 4) is 11.1 Å². The molecule has 0 bridgehead atoms. The van der Waals surface area contributed by atoms with Crippen LogP contribution in [0.4, 0.5) is 13.2 Å². The Balaban J connectivity index is 1.83. The van der Waals surface area contributed by atoms with Crippen LogP contribution in [0.5, 0.6) is 0 Å². The zero-order valence-corrected chi connectivity index (χ0v) is 14.6. The van der Waals surface area contributed by atoms with Crippen LogP contribution in [0.2, 0.25) is 0 Å². The van der Waals surface area contributed by atoms with Gasteiger partial charge >= 0.3 is 5.97 Å². The van der Waals surface area contributed by atoms with Crippen molar-refractivity contribution in [2.24, 2.45) is 5.92 Å². The molecule has 1 heterocycles. The third kappa shape index (κ3) is 3.67. The standard InChI is InChI=1S/C20H18F3NO3/c1-11-15(20(26)27)3-2-8-24(11)19(25)13-6-4-12(5-7-13)14-9-16(21)18(23)17(22)10-14/h4-7,9-11,15H,2-3,8H2,1H3,(H,26,27)/t11-,15-/m1/s1. The molecule has 27 heavy (non-hydrogen) atoms. The zero-order chi connectivity index (χ0) is 19.7. The number of carboxylic acids is 1. The number of aliphatic carboxylic acids is 1. The molecule has 142 valence electrons. The van der Waals surface area contributed by atoms with E-state index in [2.05, 4.69) is 0 Å². The second-order valence-electron chi connectivity index (χ2n) is 6.66. The van der Waals surface area contributed by atoms with E-state index in [1.54, 1.807) is 6.92 Å². The molecule has 0 unspecified atom stereocenters. The van der Waals surface area contributed by atoms with Gasteiger partial charge in [0, 0.05) is 18.2 Å². The van der Waals surface area contributed by atoms with Gasteiger partial charge in [-0.05, 0) is 55.2 Å². The van der Waals surface area contributed by atoms with Crippen molar-refractivity contribution < 1.29 is 27.9 Å². The number of carbonyl (C=O) groups excluding carboxylic acids is 1. The van der Waals surface area contributed by atoms with Gasteiger partial charge in [0.2, 0.25) is 0 Å². The van der Waals surface area contributed by atoms with E-state index in [9.17, 15) is 27.9 Å². The third-order valence-electron chi connectivity index (χ3n) is 5.02. The first-order chi connectivity index (χ1) is 12.8. The first-order valence-electron chi connectivity index (χ1n) is 8.58. The summed E-state index contributed by atoms with van der Waals surface area (Å²) in [5.41, 5.74) is 0.932. The maximum absolute atomic E-state index is 13.4. The Morgan fingerprint density at radius 2 is 1.63 bits per heavy atom. The lowest BCUT2D eigenvalue weighted by molar-refractivity contribution is -0.144. The minimum absolute atomic E-state index is 0.155. The van der Waals surface area contributed by atoms with Gasteiger partial charge < -0.3 is 10.0 Å². The normalized spacial score (nSPS) is 19.8. The molecule has 1 amide bonds. The van der Waals surface area contributed by atoms with Gasteiger partial charge in [-0.1, -0.05) is 12.1 Å². The lowest BCUT2D eigenvalue weighted by Crippen LogP contribution is -2.49. The number of hydrogen-bond acceptors (Lipinski definition) is 2. The molecule has 7 heteroatoms. The second-order valence-corrected chi connectivity index (χ2v) is 6.66. The Kier molecular flexibility index (Phi) is 5.21. The van der Waals surface area contributed by atoms with Gasteiger partial charge in [-0.3, -0.25) is 9.59 Å². The minimum Gasteiger partial charge on any atom is -0.481 e. The number of rotatable bonds is 3. The quantitative estimate of drug-likeness (QED) is 0.820. The lowest BCUT2D eigenvalue weighted by atomic mass is 9.89. The molecule has 1 saturated heterocycles. The summed E-state index contributed by atoms with van der Waals surface area (Å²) in [4.78, 5) is 25.6. The van der Waals surface area contributed by atoms with Crippen molar-refractivity contribution in [2.45, 2.75) is 25.8 Å². The van der Waals surface area contributed by atoms with Gasteiger partial charge in [0.05, 0.1) is 5.92 Å². The molecule has 1 aliphatic rings. The lowest BCUT2D eigenvalue weighted by Gasteiger charge is -2.37. The van der Waals surface area contributed by atoms with Crippen LogP contribution in [0.1, 0.15) is 30.1 Å². The Bertz CT molecular complexity index is 860. The summed E-state index contributed by atoms with van der Waals surface area (Å²) < 4.78 is 39.9. The third-order valence-corrected chi connectivity index (χ3v) is 5.02. The molecule has 4 nitrogen and oxygen atoms in total. The van der Waals surface area contributed by atoms with E-state index in [1.165, 1.54) is 29.2 Å². The molecule has 1 aliphatic heterocycles. The number of piperidine rings is 1. The fourth-order valence-electron chi connectivity index (χ4n) is 3.45. The molecule has 2 aromatic carbocycles. The van der Waals surface area contributed by atoms with Gasteiger partial charge in [0.15, 0.2) is 17.5 Å². The highest BCUT2D eigenvalue weighted by Gasteiger charge is 2.35. The number of halogens is 3. The Labute approximate surface area is 154 Å². The van der Waals surface area contributed by atoms with Crippen LogP contribution in [-0.2, 0) is 4.79 Å². The van der Waals surface area contributed by atoms with Crippen LogP contribution in [0.15, 0.2) is 36.4 Å². The molecule has 0 aliphatic carbocycles. The average Bonchev–Trinajstić information content (AvgIpc) is 2.65. The summed E-state index contributed by atoms with van der Waals surface area (Å²) in [6.07, 6.45) is 1.14. The van der Waals surface area contributed by atoms with Crippen molar-refractivity contribution in [1.82, 2.24) is 4.90 Å². The van der Waals surface area contributed by atoms with Crippen LogP contribution in [0.25, 0.3) is 11.1 Å². The number of nitrogens with zero attached hydrogens (tertiary/aromatic N) is 1. The summed E-state index contributed by atoms with van der Waals surface area (Å²) >= 11 is 0. The highest BCUT2D eigenvalue weighted by molar-refractivity contribution is 5.95. The number of amides is 1. The van der Waals surface area contributed by atoms with E-state index < -0.39 is 35.4 Å². The van der Waals surface area contributed by atoms with Gasteiger partial charge in [-0.2, -0.15) is 0 Å². The highest BCUT2D eigenvalue weighted by atomic mass is 19.2. The predicted molar refractivity (Wildman–Crippen MR) is 92.6 cm³/mol. The number of likely N-dealkylation sites (tertiary alicyclic amines) is 1. The monoisotopic (exact) mass is 377 g/mol. The molecule has 0 aromatic heterocycles. The summed E-state index contributed by atoms with van der Waals surface area (Å²) in [6.45, 7) is 2.19. The van der Waals surface area contributed by atoms with Crippen LogP contribution < -0.4 is 0 Å². The van der Waals surface area contributed by atoms with E-state index in [0.717, 1.165) is 12.1 Å². The van der Waals surface area contributed by atoms with E-state index in [0.29, 0.717) is 30.5 Å². The van der Waals surface area contributed by atoms with E-state index in [1.807, 2.05) is 0 Å².